The Morgan fingerprint density at radius 2 is 2.25 bits per heavy atom. The van der Waals surface area contributed by atoms with E-state index >= 15 is 0 Å². The highest BCUT2D eigenvalue weighted by atomic mass is 16.2. The summed E-state index contributed by atoms with van der Waals surface area (Å²) in [4.78, 5) is 0. The van der Waals surface area contributed by atoms with E-state index in [-0.39, 0.29) is 6.61 Å². The molecule has 64 valence electrons. The summed E-state index contributed by atoms with van der Waals surface area (Å²) in [5, 5.41) is 8.69. The molecular formula is C11H14O. The Bertz CT molecular complexity index is 287. The van der Waals surface area contributed by atoms with Gasteiger partial charge in [-0.15, -0.1) is 0 Å². The molecule has 0 aliphatic rings. The van der Waals surface area contributed by atoms with Crippen molar-refractivity contribution in [2.24, 2.45) is 0 Å². The molecule has 1 nitrogen and oxygen atoms in total. The number of allylic oxidation sites excluding steroid dienone is 1. The fraction of sp³-hybridized carbons (Fsp3) is 0.273. The van der Waals surface area contributed by atoms with Crippen molar-refractivity contribution in [3.63, 3.8) is 0 Å². The normalized spacial score (nSPS) is 11.8. The number of rotatable bonds is 2. The summed E-state index contributed by atoms with van der Waals surface area (Å²) in [6.07, 6.45) is 1.81. The molecule has 0 unspecified atom stereocenters. The molecular weight excluding hydrogens is 148 g/mol. The van der Waals surface area contributed by atoms with Crippen LogP contribution < -0.4 is 0 Å². The summed E-state index contributed by atoms with van der Waals surface area (Å²) in [5.41, 5.74) is 3.56. The van der Waals surface area contributed by atoms with Crippen LogP contribution in [0.3, 0.4) is 0 Å². The number of hydrogen-bond acceptors (Lipinski definition) is 1. The lowest BCUT2D eigenvalue weighted by atomic mass is 10.1. The maximum atomic E-state index is 8.69. The van der Waals surface area contributed by atoms with Crippen LogP contribution in [0.4, 0.5) is 0 Å². The van der Waals surface area contributed by atoms with Crippen molar-refractivity contribution >= 4 is 5.57 Å². The quantitative estimate of drug-likeness (QED) is 0.708. The van der Waals surface area contributed by atoms with Gasteiger partial charge in [0.25, 0.3) is 0 Å². The Labute approximate surface area is 73.4 Å². The molecule has 1 aromatic carbocycles. The Kier molecular flexibility index (Phi) is 3.06. The first kappa shape index (κ1) is 9.01. The lowest BCUT2D eigenvalue weighted by Crippen LogP contribution is -1.83. The van der Waals surface area contributed by atoms with Crippen molar-refractivity contribution in [3.05, 3.63) is 41.5 Å². The van der Waals surface area contributed by atoms with Crippen LogP contribution in [0.1, 0.15) is 18.1 Å². The molecule has 0 heterocycles. The molecule has 1 heteroatoms. The Morgan fingerprint density at radius 3 is 2.83 bits per heavy atom. The van der Waals surface area contributed by atoms with Gasteiger partial charge in [-0.2, -0.15) is 0 Å². The number of hydrogen-bond donors (Lipinski definition) is 1. The van der Waals surface area contributed by atoms with Gasteiger partial charge in [0.15, 0.2) is 0 Å². The average molecular weight is 162 g/mol. The lowest BCUT2D eigenvalue weighted by molar-refractivity contribution is 0.343. The molecule has 0 radical (unpaired) electrons. The van der Waals surface area contributed by atoms with E-state index in [0.717, 1.165) is 5.57 Å². The molecule has 0 saturated carbocycles. The van der Waals surface area contributed by atoms with Gasteiger partial charge in [0, 0.05) is 0 Å². The maximum Gasteiger partial charge on any atom is 0.0618 e. The second-order valence-corrected chi connectivity index (χ2v) is 2.94. The van der Waals surface area contributed by atoms with Crippen LogP contribution in [-0.4, -0.2) is 11.7 Å². The van der Waals surface area contributed by atoms with Gasteiger partial charge in [-0.3, -0.25) is 0 Å². The van der Waals surface area contributed by atoms with Crippen molar-refractivity contribution in [1.29, 1.82) is 0 Å². The SMILES string of the molecule is C/C(=C\CO)c1cccc(C)c1. The second-order valence-electron chi connectivity index (χ2n) is 2.94. The molecule has 0 fully saturated rings. The fourth-order valence-electron chi connectivity index (χ4n) is 1.15. The van der Waals surface area contributed by atoms with Crippen molar-refractivity contribution in [3.8, 4) is 0 Å². The highest BCUT2D eigenvalue weighted by Crippen LogP contribution is 2.14. The zero-order valence-electron chi connectivity index (χ0n) is 7.54. The standard InChI is InChI=1S/C11H14O/c1-9-4-3-5-11(8-9)10(2)6-7-12/h3-6,8,12H,7H2,1-2H3/b10-6+. The summed E-state index contributed by atoms with van der Waals surface area (Å²) in [7, 11) is 0. The van der Waals surface area contributed by atoms with E-state index in [0.29, 0.717) is 0 Å². The third-order valence-corrected chi connectivity index (χ3v) is 1.87. The summed E-state index contributed by atoms with van der Waals surface area (Å²) in [6, 6.07) is 8.26. The number of benzene rings is 1. The van der Waals surface area contributed by atoms with Crippen LogP contribution in [0.25, 0.3) is 5.57 Å². The smallest absolute Gasteiger partial charge is 0.0618 e. The van der Waals surface area contributed by atoms with Crippen LogP contribution in [0.5, 0.6) is 0 Å². The van der Waals surface area contributed by atoms with Gasteiger partial charge in [0.2, 0.25) is 0 Å². The first-order valence-corrected chi connectivity index (χ1v) is 4.08. The minimum absolute atomic E-state index is 0.111. The molecule has 0 saturated heterocycles. The highest BCUT2D eigenvalue weighted by molar-refractivity contribution is 5.64. The van der Waals surface area contributed by atoms with Gasteiger partial charge in [-0.25, -0.2) is 0 Å². The molecule has 1 N–H and O–H groups in total. The minimum Gasteiger partial charge on any atom is -0.392 e. The number of aliphatic hydroxyl groups excluding tert-OH is 1. The van der Waals surface area contributed by atoms with Crippen molar-refractivity contribution in [1.82, 2.24) is 0 Å². The van der Waals surface area contributed by atoms with Gasteiger partial charge in [0.1, 0.15) is 0 Å². The Morgan fingerprint density at radius 1 is 1.50 bits per heavy atom. The zero-order valence-corrected chi connectivity index (χ0v) is 7.54. The largest absolute Gasteiger partial charge is 0.392 e. The van der Waals surface area contributed by atoms with E-state index in [9.17, 15) is 0 Å². The Balaban J connectivity index is 2.95. The number of aryl methyl sites for hydroxylation is 1. The second kappa shape index (κ2) is 4.07. The predicted molar refractivity (Wildman–Crippen MR) is 51.9 cm³/mol. The average Bonchev–Trinajstić information content (AvgIpc) is 2.05. The predicted octanol–water partition coefficient (Wildman–Crippen LogP) is 2.39. The van der Waals surface area contributed by atoms with E-state index in [4.69, 9.17) is 5.11 Å². The third kappa shape index (κ3) is 2.21. The summed E-state index contributed by atoms with van der Waals surface area (Å²) in [6.45, 7) is 4.18. The zero-order chi connectivity index (χ0) is 8.97. The molecule has 1 rings (SSSR count). The molecule has 0 atom stereocenters. The van der Waals surface area contributed by atoms with Crippen molar-refractivity contribution in [2.45, 2.75) is 13.8 Å². The van der Waals surface area contributed by atoms with Crippen LogP contribution in [0, 0.1) is 6.92 Å². The minimum atomic E-state index is 0.111. The first-order chi connectivity index (χ1) is 5.74. The molecule has 0 aliphatic heterocycles. The van der Waals surface area contributed by atoms with Gasteiger partial charge in [-0.05, 0) is 25.0 Å². The lowest BCUT2D eigenvalue weighted by Gasteiger charge is -2.01. The molecule has 1 aromatic rings. The maximum absolute atomic E-state index is 8.69. The van der Waals surface area contributed by atoms with Crippen LogP contribution in [0.15, 0.2) is 30.3 Å². The Hall–Kier alpha value is -1.08. The van der Waals surface area contributed by atoms with Crippen molar-refractivity contribution in [2.75, 3.05) is 6.61 Å². The monoisotopic (exact) mass is 162 g/mol. The van der Waals surface area contributed by atoms with E-state index in [2.05, 4.69) is 25.1 Å². The van der Waals surface area contributed by atoms with E-state index in [1.165, 1.54) is 11.1 Å². The van der Waals surface area contributed by atoms with Gasteiger partial charge in [0.05, 0.1) is 6.61 Å². The molecule has 0 spiro atoms. The van der Waals surface area contributed by atoms with Crippen LogP contribution in [-0.2, 0) is 0 Å². The molecule has 0 aliphatic carbocycles. The van der Waals surface area contributed by atoms with Gasteiger partial charge < -0.3 is 5.11 Å². The van der Waals surface area contributed by atoms with Gasteiger partial charge >= 0.3 is 0 Å². The van der Waals surface area contributed by atoms with E-state index in [1.807, 2.05) is 19.1 Å². The first-order valence-electron chi connectivity index (χ1n) is 4.08. The highest BCUT2D eigenvalue weighted by Gasteiger charge is 1.93. The third-order valence-electron chi connectivity index (χ3n) is 1.87. The van der Waals surface area contributed by atoms with Crippen LogP contribution in [0.2, 0.25) is 0 Å². The van der Waals surface area contributed by atoms with Gasteiger partial charge in [-0.1, -0.05) is 35.9 Å². The molecule has 0 aromatic heterocycles. The summed E-state index contributed by atoms with van der Waals surface area (Å²) >= 11 is 0. The van der Waals surface area contributed by atoms with E-state index < -0.39 is 0 Å². The molecule has 12 heavy (non-hydrogen) atoms. The summed E-state index contributed by atoms with van der Waals surface area (Å²) < 4.78 is 0. The molecule has 0 amide bonds. The number of aliphatic hydroxyl groups is 1. The van der Waals surface area contributed by atoms with E-state index in [1.54, 1.807) is 0 Å². The fourth-order valence-corrected chi connectivity index (χ4v) is 1.15. The van der Waals surface area contributed by atoms with Crippen molar-refractivity contribution < 1.29 is 5.11 Å². The molecule has 0 bridgehead atoms. The van der Waals surface area contributed by atoms with Crippen LogP contribution >= 0.6 is 0 Å². The summed E-state index contributed by atoms with van der Waals surface area (Å²) in [5.74, 6) is 0. The topological polar surface area (TPSA) is 20.2 Å².